The van der Waals surface area contributed by atoms with Crippen LogP contribution in [0.25, 0.3) is 0 Å². The van der Waals surface area contributed by atoms with Gasteiger partial charge in [-0.1, -0.05) is 0 Å². The summed E-state index contributed by atoms with van der Waals surface area (Å²) in [7, 11) is 0. The molecule has 2 N–H and O–H groups in total. The molecule has 1 aliphatic heterocycles. The molecule has 1 aliphatic rings. The number of aliphatic hydroxyl groups is 1. The van der Waals surface area contributed by atoms with Crippen LogP contribution in [0.5, 0.6) is 0 Å². The van der Waals surface area contributed by atoms with E-state index in [1.807, 2.05) is 2.90 Å². The third-order valence-electron chi connectivity index (χ3n) is 2.46. The molecule has 0 bridgehead atoms. The van der Waals surface area contributed by atoms with Crippen LogP contribution in [0.2, 0.25) is 0 Å². The fourth-order valence-electron chi connectivity index (χ4n) is 1.80. The summed E-state index contributed by atoms with van der Waals surface area (Å²) in [6, 6.07) is 0. The zero-order valence-electron chi connectivity index (χ0n) is 8.34. The summed E-state index contributed by atoms with van der Waals surface area (Å²) in [6.45, 7) is 5.37. The molecule has 5 heteroatoms. The van der Waals surface area contributed by atoms with Crippen molar-refractivity contribution in [2.24, 2.45) is 0 Å². The van der Waals surface area contributed by atoms with Gasteiger partial charge in [0.1, 0.15) is 5.60 Å². The number of hydrogen-bond donors (Lipinski definition) is 2. The van der Waals surface area contributed by atoms with Crippen molar-refractivity contribution in [1.82, 2.24) is 13.3 Å². The Morgan fingerprint density at radius 3 is 2.93 bits per heavy atom. The molecule has 1 aromatic heterocycles. The van der Waals surface area contributed by atoms with Crippen LogP contribution >= 0.6 is 22.9 Å². The van der Waals surface area contributed by atoms with E-state index in [0.717, 1.165) is 30.8 Å². The van der Waals surface area contributed by atoms with Crippen molar-refractivity contribution in [2.45, 2.75) is 32.4 Å². The molecule has 0 saturated heterocycles. The number of hydrogen-bond acceptors (Lipinski definition) is 3. The third kappa shape index (κ3) is 1.68. The Kier molecular flexibility index (Phi) is 2.57. The SMILES string of the molecule is CC(C)(O)c1nn(I)c2c1CNCC2. The van der Waals surface area contributed by atoms with Crippen molar-refractivity contribution in [2.75, 3.05) is 6.54 Å². The summed E-state index contributed by atoms with van der Waals surface area (Å²) in [5.41, 5.74) is 2.35. The Balaban J connectivity index is 2.52. The van der Waals surface area contributed by atoms with E-state index in [2.05, 4.69) is 33.3 Å². The van der Waals surface area contributed by atoms with Crippen LogP contribution in [-0.4, -0.2) is 19.6 Å². The van der Waals surface area contributed by atoms with Gasteiger partial charge < -0.3 is 10.4 Å². The number of fused-ring (bicyclic) bond motifs is 1. The van der Waals surface area contributed by atoms with Crippen molar-refractivity contribution >= 4 is 22.9 Å². The van der Waals surface area contributed by atoms with Gasteiger partial charge in [-0.25, -0.2) is 2.90 Å². The molecule has 0 atom stereocenters. The van der Waals surface area contributed by atoms with Gasteiger partial charge in [0, 0.05) is 25.1 Å². The standard InChI is InChI=1S/C9H14IN3O/c1-9(2,14)8-6-5-11-4-3-7(6)13(10)12-8/h11,14H,3-5H2,1-2H3. The van der Waals surface area contributed by atoms with Gasteiger partial charge in [0.05, 0.1) is 34.3 Å². The van der Waals surface area contributed by atoms with Gasteiger partial charge >= 0.3 is 0 Å². The number of halogens is 1. The Hall–Kier alpha value is -0.140. The number of nitrogens with zero attached hydrogens (tertiary/aromatic N) is 2. The van der Waals surface area contributed by atoms with Gasteiger partial charge in [-0.15, -0.1) is 0 Å². The Labute approximate surface area is 97.2 Å². The molecule has 0 fully saturated rings. The lowest BCUT2D eigenvalue weighted by molar-refractivity contribution is 0.0726. The first-order chi connectivity index (χ1) is 6.50. The van der Waals surface area contributed by atoms with Gasteiger partial charge in [-0.2, -0.15) is 5.10 Å². The van der Waals surface area contributed by atoms with Crippen LogP contribution in [0.4, 0.5) is 0 Å². The average Bonchev–Trinajstić information content (AvgIpc) is 2.44. The number of nitrogens with one attached hydrogen (secondary N) is 1. The molecule has 2 rings (SSSR count). The molecule has 1 aromatic rings. The fraction of sp³-hybridized carbons (Fsp3) is 0.667. The van der Waals surface area contributed by atoms with Gasteiger partial charge in [0.25, 0.3) is 0 Å². The quantitative estimate of drug-likeness (QED) is 0.760. The minimum Gasteiger partial charge on any atom is -0.384 e. The molecule has 2 heterocycles. The van der Waals surface area contributed by atoms with Gasteiger partial charge in [-0.3, -0.25) is 0 Å². The van der Waals surface area contributed by atoms with Gasteiger partial charge in [-0.05, 0) is 13.8 Å². The molecule has 0 spiro atoms. The largest absolute Gasteiger partial charge is 0.384 e. The van der Waals surface area contributed by atoms with E-state index in [-0.39, 0.29) is 0 Å². The van der Waals surface area contributed by atoms with Crippen LogP contribution < -0.4 is 5.32 Å². The second-order valence-corrected chi connectivity index (χ2v) is 5.03. The average molecular weight is 307 g/mol. The van der Waals surface area contributed by atoms with Gasteiger partial charge in [0.2, 0.25) is 0 Å². The maximum Gasteiger partial charge on any atom is 0.103 e. The first kappa shape index (κ1) is 10.4. The van der Waals surface area contributed by atoms with Crippen LogP contribution in [-0.2, 0) is 18.6 Å². The van der Waals surface area contributed by atoms with E-state index < -0.39 is 5.60 Å². The van der Waals surface area contributed by atoms with Crippen LogP contribution in [0.3, 0.4) is 0 Å². The summed E-state index contributed by atoms with van der Waals surface area (Å²) >= 11 is 2.17. The van der Waals surface area contributed by atoms with Gasteiger partial charge in [0.15, 0.2) is 0 Å². The lowest BCUT2D eigenvalue weighted by Gasteiger charge is -2.19. The minimum atomic E-state index is -0.848. The van der Waals surface area contributed by atoms with Crippen molar-refractivity contribution in [1.29, 1.82) is 0 Å². The number of rotatable bonds is 1. The van der Waals surface area contributed by atoms with E-state index >= 15 is 0 Å². The maximum atomic E-state index is 9.95. The second-order valence-electron chi connectivity index (χ2n) is 4.12. The predicted octanol–water partition coefficient (Wildman–Crippen LogP) is 0.954. The van der Waals surface area contributed by atoms with Crippen molar-refractivity contribution in [3.05, 3.63) is 17.0 Å². The Morgan fingerprint density at radius 1 is 1.57 bits per heavy atom. The van der Waals surface area contributed by atoms with Crippen LogP contribution in [0.1, 0.15) is 30.8 Å². The van der Waals surface area contributed by atoms with E-state index in [1.54, 1.807) is 13.8 Å². The molecular weight excluding hydrogens is 293 g/mol. The normalized spacial score (nSPS) is 16.9. The van der Waals surface area contributed by atoms with E-state index in [0.29, 0.717) is 0 Å². The summed E-state index contributed by atoms with van der Waals surface area (Å²) < 4.78 is 1.86. The van der Waals surface area contributed by atoms with E-state index in [1.165, 1.54) is 5.69 Å². The molecule has 0 unspecified atom stereocenters. The first-order valence-corrected chi connectivity index (χ1v) is 5.67. The summed E-state index contributed by atoms with van der Waals surface area (Å²) in [4.78, 5) is 0. The highest BCUT2D eigenvalue weighted by Crippen LogP contribution is 2.28. The zero-order chi connectivity index (χ0) is 10.3. The van der Waals surface area contributed by atoms with Crippen LogP contribution in [0.15, 0.2) is 0 Å². The highest BCUT2D eigenvalue weighted by molar-refractivity contribution is 14.1. The third-order valence-corrected chi connectivity index (χ3v) is 3.26. The number of aromatic nitrogens is 2. The lowest BCUT2D eigenvalue weighted by atomic mass is 9.97. The molecule has 0 aliphatic carbocycles. The monoisotopic (exact) mass is 307 g/mol. The molecule has 0 radical (unpaired) electrons. The highest BCUT2D eigenvalue weighted by Gasteiger charge is 2.28. The Bertz CT molecular complexity index is 354. The minimum absolute atomic E-state index is 0.800. The second kappa shape index (κ2) is 3.46. The molecule has 14 heavy (non-hydrogen) atoms. The summed E-state index contributed by atoms with van der Waals surface area (Å²) in [5, 5.41) is 17.6. The Morgan fingerprint density at radius 2 is 2.29 bits per heavy atom. The van der Waals surface area contributed by atoms with E-state index in [9.17, 15) is 5.11 Å². The molecule has 4 nitrogen and oxygen atoms in total. The summed E-state index contributed by atoms with van der Waals surface area (Å²) in [6.07, 6.45) is 0.987. The lowest BCUT2D eigenvalue weighted by Crippen LogP contribution is -2.27. The summed E-state index contributed by atoms with van der Waals surface area (Å²) in [5.74, 6) is 0. The fourth-order valence-corrected chi connectivity index (χ4v) is 2.55. The van der Waals surface area contributed by atoms with Crippen LogP contribution in [0, 0.1) is 0 Å². The molecule has 78 valence electrons. The zero-order valence-corrected chi connectivity index (χ0v) is 10.5. The maximum absolute atomic E-state index is 9.95. The molecule has 0 amide bonds. The topological polar surface area (TPSA) is 50.1 Å². The highest BCUT2D eigenvalue weighted by atomic mass is 127. The smallest absolute Gasteiger partial charge is 0.103 e. The van der Waals surface area contributed by atoms with Crippen molar-refractivity contribution in [3.8, 4) is 0 Å². The predicted molar refractivity (Wildman–Crippen MR) is 62.3 cm³/mol. The van der Waals surface area contributed by atoms with Crippen molar-refractivity contribution < 1.29 is 5.11 Å². The van der Waals surface area contributed by atoms with E-state index in [4.69, 9.17) is 0 Å². The molecule has 0 aromatic carbocycles. The van der Waals surface area contributed by atoms with Crippen molar-refractivity contribution in [3.63, 3.8) is 0 Å². The molecule has 0 saturated carbocycles. The first-order valence-electron chi connectivity index (χ1n) is 4.70. The molecular formula is C9H14IN3O.